The Labute approximate surface area is 135 Å². The first-order valence-corrected chi connectivity index (χ1v) is 9.33. The van der Waals surface area contributed by atoms with Crippen molar-refractivity contribution in [2.75, 3.05) is 18.1 Å². The molecule has 1 fully saturated rings. The smallest absolute Gasteiger partial charge is 0.342 e. The third-order valence-corrected chi connectivity index (χ3v) is 5.73. The first-order valence-electron chi connectivity index (χ1n) is 7.51. The van der Waals surface area contributed by atoms with Gasteiger partial charge in [0, 0.05) is 12.6 Å². The van der Waals surface area contributed by atoms with Crippen molar-refractivity contribution in [3.05, 3.63) is 23.7 Å². The second-order valence-corrected chi connectivity index (χ2v) is 7.85. The van der Waals surface area contributed by atoms with E-state index < -0.39 is 21.9 Å². The summed E-state index contributed by atoms with van der Waals surface area (Å²) in [5.74, 6) is -0.544. The second-order valence-electron chi connectivity index (χ2n) is 5.62. The van der Waals surface area contributed by atoms with Crippen LogP contribution < -0.4 is 0 Å². The molecule has 2 atom stereocenters. The van der Waals surface area contributed by atoms with Crippen LogP contribution in [0.3, 0.4) is 0 Å². The Morgan fingerprint density at radius 3 is 2.65 bits per heavy atom. The molecule has 0 aromatic carbocycles. The number of hydrogen-bond acceptors (Lipinski definition) is 6. The number of likely N-dealkylation sites (N-methyl/N-ethyl adjacent to an activating group) is 1. The summed E-state index contributed by atoms with van der Waals surface area (Å²) in [5.41, 5.74) is 0.274. The number of sulfone groups is 1. The van der Waals surface area contributed by atoms with Crippen LogP contribution in [0, 0.1) is 6.92 Å². The highest BCUT2D eigenvalue weighted by Gasteiger charge is 2.36. The molecule has 1 aliphatic rings. The Morgan fingerprint density at radius 2 is 2.17 bits per heavy atom. The minimum atomic E-state index is -3.09. The predicted octanol–water partition coefficient (Wildman–Crippen LogP) is 1.17. The van der Waals surface area contributed by atoms with Gasteiger partial charge in [-0.15, -0.1) is 0 Å². The minimum Gasteiger partial charge on any atom is -0.469 e. The van der Waals surface area contributed by atoms with E-state index in [2.05, 4.69) is 0 Å². The highest BCUT2D eigenvalue weighted by atomic mass is 32.2. The topological polar surface area (TPSA) is 93.9 Å². The number of amides is 1. The summed E-state index contributed by atoms with van der Waals surface area (Å²) in [6, 6.07) is 1.13. The van der Waals surface area contributed by atoms with Gasteiger partial charge in [0.15, 0.2) is 15.9 Å². The Kier molecular flexibility index (Phi) is 5.13. The predicted molar refractivity (Wildman–Crippen MR) is 82.8 cm³/mol. The van der Waals surface area contributed by atoms with Crippen LogP contribution in [0.5, 0.6) is 0 Å². The maximum absolute atomic E-state index is 12.5. The molecule has 2 heterocycles. The van der Waals surface area contributed by atoms with Crippen molar-refractivity contribution in [3.63, 3.8) is 0 Å². The van der Waals surface area contributed by atoms with Crippen molar-refractivity contribution in [1.82, 2.24) is 4.90 Å². The van der Waals surface area contributed by atoms with Gasteiger partial charge < -0.3 is 14.1 Å². The molecule has 0 spiro atoms. The van der Waals surface area contributed by atoms with Gasteiger partial charge in [-0.05, 0) is 33.3 Å². The molecular formula is C15H21NO6S. The summed E-state index contributed by atoms with van der Waals surface area (Å²) in [4.78, 5) is 26.0. The number of hydrogen-bond donors (Lipinski definition) is 0. The molecule has 0 N–H and O–H groups in total. The Hall–Kier alpha value is -1.83. The van der Waals surface area contributed by atoms with Crippen LogP contribution in [0.25, 0.3) is 0 Å². The fourth-order valence-corrected chi connectivity index (χ4v) is 4.45. The van der Waals surface area contributed by atoms with Crippen LogP contribution in [-0.4, -0.2) is 55.4 Å². The lowest BCUT2D eigenvalue weighted by Gasteiger charge is -2.29. The van der Waals surface area contributed by atoms with Crippen LogP contribution in [-0.2, 0) is 19.4 Å². The molecular weight excluding hydrogens is 322 g/mol. The summed E-state index contributed by atoms with van der Waals surface area (Å²) in [6.45, 7) is 5.26. The fraction of sp³-hybridized carbons (Fsp3) is 0.600. The van der Waals surface area contributed by atoms with Gasteiger partial charge in [-0.3, -0.25) is 4.79 Å². The third-order valence-electron chi connectivity index (χ3n) is 3.98. The molecule has 128 valence electrons. The van der Waals surface area contributed by atoms with Crippen LogP contribution in [0.1, 0.15) is 36.4 Å². The largest absolute Gasteiger partial charge is 0.469 e. The highest BCUT2D eigenvalue weighted by Crippen LogP contribution is 2.19. The molecule has 7 nitrogen and oxygen atoms in total. The molecule has 0 saturated carbocycles. The summed E-state index contributed by atoms with van der Waals surface area (Å²) in [6.07, 6.45) is 0.809. The first-order chi connectivity index (χ1) is 10.7. The van der Waals surface area contributed by atoms with E-state index in [9.17, 15) is 18.0 Å². The van der Waals surface area contributed by atoms with Crippen molar-refractivity contribution >= 4 is 21.7 Å². The molecule has 0 aliphatic carbocycles. The second kappa shape index (κ2) is 6.74. The monoisotopic (exact) mass is 343 g/mol. The van der Waals surface area contributed by atoms with Crippen LogP contribution in [0.2, 0.25) is 0 Å². The summed E-state index contributed by atoms with van der Waals surface area (Å²) >= 11 is 0. The van der Waals surface area contributed by atoms with Crippen molar-refractivity contribution < 1.29 is 27.2 Å². The van der Waals surface area contributed by atoms with Crippen molar-refractivity contribution in [2.45, 2.75) is 39.3 Å². The Morgan fingerprint density at radius 1 is 1.48 bits per heavy atom. The summed E-state index contributed by atoms with van der Waals surface area (Å²) in [7, 11) is -3.09. The standard InChI is InChI=1S/C15H21NO6S/c1-4-16(12-6-8-23(19,20)9-12)14(17)11(3)22-15(18)13-5-7-21-10(13)2/h5,7,11-12H,4,6,8-9H2,1-3H3. The molecule has 1 amide bonds. The number of furan rings is 1. The SMILES string of the molecule is CCN(C(=O)C(C)OC(=O)c1ccoc1C)C1CCS(=O)(=O)C1. The maximum Gasteiger partial charge on any atom is 0.342 e. The normalized spacial score (nSPS) is 20.9. The Bertz CT molecular complexity index is 693. The maximum atomic E-state index is 12.5. The number of carbonyl (C=O) groups is 2. The number of nitrogens with zero attached hydrogens (tertiary/aromatic N) is 1. The number of aryl methyl sites for hydroxylation is 1. The van der Waals surface area contributed by atoms with Gasteiger partial charge in [0.2, 0.25) is 0 Å². The van der Waals surface area contributed by atoms with E-state index in [0.717, 1.165) is 0 Å². The third kappa shape index (κ3) is 3.93. The highest BCUT2D eigenvalue weighted by molar-refractivity contribution is 7.91. The average Bonchev–Trinajstić information content (AvgIpc) is 3.05. The molecule has 1 aliphatic heterocycles. The van der Waals surface area contributed by atoms with Gasteiger partial charge in [0.1, 0.15) is 11.3 Å². The zero-order valence-corrected chi connectivity index (χ0v) is 14.3. The van der Waals surface area contributed by atoms with Crippen molar-refractivity contribution in [2.24, 2.45) is 0 Å². The summed E-state index contributed by atoms with van der Waals surface area (Å²) in [5, 5.41) is 0. The van der Waals surface area contributed by atoms with Gasteiger partial charge in [-0.1, -0.05) is 0 Å². The zero-order chi connectivity index (χ0) is 17.2. The molecule has 2 unspecified atom stereocenters. The van der Waals surface area contributed by atoms with Crippen LogP contribution >= 0.6 is 0 Å². The molecule has 23 heavy (non-hydrogen) atoms. The lowest BCUT2D eigenvalue weighted by Crippen LogP contribution is -2.46. The lowest BCUT2D eigenvalue weighted by molar-refractivity contribution is -0.141. The molecule has 8 heteroatoms. The van der Waals surface area contributed by atoms with Gasteiger partial charge in [-0.25, -0.2) is 13.2 Å². The van der Waals surface area contributed by atoms with E-state index in [0.29, 0.717) is 18.7 Å². The number of carbonyl (C=O) groups excluding carboxylic acids is 2. The number of ether oxygens (including phenoxy) is 1. The number of rotatable bonds is 5. The van der Waals surface area contributed by atoms with Gasteiger partial charge in [0.05, 0.1) is 17.8 Å². The molecule has 0 bridgehead atoms. The molecule has 1 saturated heterocycles. The van der Waals surface area contributed by atoms with E-state index in [1.165, 1.54) is 24.2 Å². The molecule has 2 rings (SSSR count). The quantitative estimate of drug-likeness (QED) is 0.745. The van der Waals surface area contributed by atoms with E-state index in [-0.39, 0.29) is 29.0 Å². The molecule has 1 aromatic rings. The number of esters is 1. The van der Waals surface area contributed by atoms with Gasteiger partial charge >= 0.3 is 5.97 Å². The Balaban J connectivity index is 2.03. The lowest BCUT2D eigenvalue weighted by atomic mass is 10.2. The average molecular weight is 343 g/mol. The fourth-order valence-electron chi connectivity index (χ4n) is 2.72. The minimum absolute atomic E-state index is 0.0336. The van der Waals surface area contributed by atoms with Crippen LogP contribution in [0.4, 0.5) is 0 Å². The van der Waals surface area contributed by atoms with Gasteiger partial charge in [0.25, 0.3) is 5.91 Å². The van der Waals surface area contributed by atoms with E-state index in [4.69, 9.17) is 9.15 Å². The molecule has 0 radical (unpaired) electrons. The van der Waals surface area contributed by atoms with Crippen molar-refractivity contribution in [3.8, 4) is 0 Å². The van der Waals surface area contributed by atoms with Gasteiger partial charge in [-0.2, -0.15) is 0 Å². The van der Waals surface area contributed by atoms with E-state index in [1.807, 2.05) is 0 Å². The first kappa shape index (κ1) is 17.5. The van der Waals surface area contributed by atoms with Crippen molar-refractivity contribution in [1.29, 1.82) is 0 Å². The zero-order valence-electron chi connectivity index (χ0n) is 13.4. The van der Waals surface area contributed by atoms with E-state index >= 15 is 0 Å². The molecule has 1 aromatic heterocycles. The van der Waals surface area contributed by atoms with E-state index in [1.54, 1.807) is 13.8 Å². The summed E-state index contributed by atoms with van der Waals surface area (Å²) < 4.78 is 33.4. The van der Waals surface area contributed by atoms with Crippen LogP contribution in [0.15, 0.2) is 16.7 Å².